The standard InChI is InChI=1S/C9H10FNS/c1-2-6-3-4-7(10)9-8(6)11-5-12-9/h3-4,11H,2,5H2,1H3. The second-order valence-electron chi connectivity index (χ2n) is 2.73. The molecule has 1 aromatic carbocycles. The lowest BCUT2D eigenvalue weighted by Crippen LogP contribution is -1.94. The molecule has 0 unspecified atom stereocenters. The Hall–Kier alpha value is -0.700. The summed E-state index contributed by atoms with van der Waals surface area (Å²) < 4.78 is 13.1. The van der Waals surface area contributed by atoms with E-state index < -0.39 is 0 Å². The van der Waals surface area contributed by atoms with E-state index >= 15 is 0 Å². The number of hydrogen-bond acceptors (Lipinski definition) is 2. The quantitative estimate of drug-likeness (QED) is 0.718. The van der Waals surface area contributed by atoms with Crippen molar-refractivity contribution in [2.45, 2.75) is 18.2 Å². The van der Waals surface area contributed by atoms with E-state index in [1.54, 1.807) is 6.07 Å². The van der Waals surface area contributed by atoms with Crippen LogP contribution in [0.3, 0.4) is 0 Å². The summed E-state index contributed by atoms with van der Waals surface area (Å²) in [6.07, 6.45) is 0.955. The topological polar surface area (TPSA) is 12.0 Å². The van der Waals surface area contributed by atoms with Gasteiger partial charge < -0.3 is 5.32 Å². The maximum Gasteiger partial charge on any atom is 0.138 e. The molecular formula is C9H10FNS. The third-order valence-corrected chi connectivity index (χ3v) is 3.02. The summed E-state index contributed by atoms with van der Waals surface area (Å²) in [6.45, 7) is 2.08. The van der Waals surface area contributed by atoms with Gasteiger partial charge in [-0.15, -0.1) is 0 Å². The molecule has 12 heavy (non-hydrogen) atoms. The maximum absolute atomic E-state index is 13.1. The van der Waals surface area contributed by atoms with Gasteiger partial charge in [0.2, 0.25) is 0 Å². The maximum atomic E-state index is 13.1. The van der Waals surface area contributed by atoms with Gasteiger partial charge in [-0.1, -0.05) is 24.8 Å². The van der Waals surface area contributed by atoms with Gasteiger partial charge in [-0.05, 0) is 18.1 Å². The summed E-state index contributed by atoms with van der Waals surface area (Å²) in [7, 11) is 0. The Morgan fingerprint density at radius 3 is 3.17 bits per heavy atom. The minimum absolute atomic E-state index is 0.0998. The van der Waals surface area contributed by atoms with Gasteiger partial charge in [0.1, 0.15) is 5.82 Å². The molecule has 0 radical (unpaired) electrons. The fourth-order valence-electron chi connectivity index (χ4n) is 1.41. The van der Waals surface area contributed by atoms with E-state index in [-0.39, 0.29) is 5.82 Å². The molecule has 0 aliphatic carbocycles. The third-order valence-electron chi connectivity index (χ3n) is 2.04. The molecule has 1 aromatic rings. The molecule has 1 aliphatic heterocycles. The van der Waals surface area contributed by atoms with Gasteiger partial charge in [-0.2, -0.15) is 0 Å². The highest BCUT2D eigenvalue weighted by Crippen LogP contribution is 2.38. The van der Waals surface area contributed by atoms with Crippen LogP contribution in [0.1, 0.15) is 12.5 Å². The van der Waals surface area contributed by atoms with E-state index in [1.165, 1.54) is 17.3 Å². The minimum Gasteiger partial charge on any atom is -0.374 e. The molecule has 2 rings (SSSR count). The molecule has 0 atom stereocenters. The molecule has 0 amide bonds. The second kappa shape index (κ2) is 2.98. The molecule has 0 spiro atoms. The van der Waals surface area contributed by atoms with Gasteiger partial charge in [-0.3, -0.25) is 0 Å². The van der Waals surface area contributed by atoms with Crippen molar-refractivity contribution in [3.8, 4) is 0 Å². The molecular weight excluding hydrogens is 173 g/mol. The first-order valence-electron chi connectivity index (χ1n) is 4.01. The largest absolute Gasteiger partial charge is 0.374 e. The van der Waals surface area contributed by atoms with Crippen molar-refractivity contribution in [1.82, 2.24) is 0 Å². The molecule has 1 nitrogen and oxygen atoms in total. The summed E-state index contributed by atoms with van der Waals surface area (Å²) >= 11 is 1.54. The van der Waals surface area contributed by atoms with Gasteiger partial charge in [0.05, 0.1) is 16.5 Å². The Kier molecular flexibility index (Phi) is 1.97. The Balaban J connectivity index is 2.57. The van der Waals surface area contributed by atoms with Crippen LogP contribution in [0.2, 0.25) is 0 Å². The van der Waals surface area contributed by atoms with Crippen LogP contribution in [-0.2, 0) is 6.42 Å². The molecule has 0 fully saturated rings. The number of anilines is 1. The van der Waals surface area contributed by atoms with Crippen LogP contribution < -0.4 is 5.32 Å². The lowest BCUT2D eigenvalue weighted by molar-refractivity contribution is 0.603. The number of halogens is 1. The summed E-state index contributed by atoms with van der Waals surface area (Å²) in [5, 5.41) is 3.18. The molecule has 0 aromatic heterocycles. The Bertz CT molecular complexity index is 312. The molecule has 0 bridgehead atoms. The van der Waals surface area contributed by atoms with Crippen molar-refractivity contribution >= 4 is 17.4 Å². The summed E-state index contributed by atoms with van der Waals surface area (Å²) in [5.41, 5.74) is 2.21. The monoisotopic (exact) mass is 183 g/mol. The van der Waals surface area contributed by atoms with Gasteiger partial charge >= 0.3 is 0 Å². The van der Waals surface area contributed by atoms with Crippen LogP contribution in [0.25, 0.3) is 0 Å². The minimum atomic E-state index is -0.0998. The number of thioether (sulfide) groups is 1. The predicted molar refractivity (Wildman–Crippen MR) is 50.1 cm³/mol. The molecule has 0 saturated carbocycles. The van der Waals surface area contributed by atoms with E-state index in [1.807, 2.05) is 6.07 Å². The normalized spacial score (nSPS) is 14.2. The first kappa shape index (κ1) is 7.92. The molecule has 0 saturated heterocycles. The highest BCUT2D eigenvalue weighted by molar-refractivity contribution is 7.99. The average molecular weight is 183 g/mol. The molecule has 1 heterocycles. The van der Waals surface area contributed by atoms with E-state index in [0.29, 0.717) is 0 Å². The van der Waals surface area contributed by atoms with E-state index in [0.717, 1.165) is 22.9 Å². The molecule has 64 valence electrons. The van der Waals surface area contributed by atoms with E-state index in [2.05, 4.69) is 12.2 Å². The van der Waals surface area contributed by atoms with Crippen LogP contribution in [0.4, 0.5) is 10.1 Å². The fourth-order valence-corrected chi connectivity index (χ4v) is 2.32. The van der Waals surface area contributed by atoms with Crippen LogP contribution in [-0.4, -0.2) is 5.88 Å². The van der Waals surface area contributed by atoms with Crippen molar-refractivity contribution in [2.24, 2.45) is 0 Å². The number of fused-ring (bicyclic) bond motifs is 1. The zero-order chi connectivity index (χ0) is 8.55. The van der Waals surface area contributed by atoms with Gasteiger partial charge in [0, 0.05) is 0 Å². The van der Waals surface area contributed by atoms with Crippen LogP contribution in [0, 0.1) is 5.82 Å². The highest BCUT2D eigenvalue weighted by Gasteiger charge is 2.17. The van der Waals surface area contributed by atoms with E-state index in [4.69, 9.17) is 0 Å². The van der Waals surface area contributed by atoms with E-state index in [9.17, 15) is 4.39 Å². The fraction of sp³-hybridized carbons (Fsp3) is 0.333. The molecule has 1 N–H and O–H groups in total. The zero-order valence-corrected chi connectivity index (χ0v) is 7.67. The first-order chi connectivity index (χ1) is 5.83. The number of benzene rings is 1. The van der Waals surface area contributed by atoms with Crippen LogP contribution in [0.5, 0.6) is 0 Å². The summed E-state index contributed by atoms with van der Waals surface area (Å²) in [5.74, 6) is 0.695. The lowest BCUT2D eigenvalue weighted by atomic mass is 10.1. The Labute approximate surface area is 75.4 Å². The van der Waals surface area contributed by atoms with Crippen LogP contribution >= 0.6 is 11.8 Å². The SMILES string of the molecule is CCc1ccc(F)c2c1NCS2. The van der Waals surface area contributed by atoms with Gasteiger partial charge in [-0.25, -0.2) is 4.39 Å². The highest BCUT2D eigenvalue weighted by atomic mass is 32.2. The number of aryl methyl sites for hydroxylation is 1. The zero-order valence-electron chi connectivity index (χ0n) is 6.86. The molecule has 1 aliphatic rings. The Morgan fingerprint density at radius 2 is 2.42 bits per heavy atom. The summed E-state index contributed by atoms with van der Waals surface area (Å²) in [4.78, 5) is 0.786. The lowest BCUT2D eigenvalue weighted by Gasteiger charge is -2.05. The number of hydrogen-bond donors (Lipinski definition) is 1. The van der Waals surface area contributed by atoms with Crippen molar-refractivity contribution < 1.29 is 4.39 Å². The van der Waals surface area contributed by atoms with Crippen molar-refractivity contribution in [2.75, 3.05) is 11.2 Å². The van der Waals surface area contributed by atoms with Crippen molar-refractivity contribution in [3.05, 3.63) is 23.5 Å². The number of rotatable bonds is 1. The van der Waals surface area contributed by atoms with Gasteiger partial charge in [0.15, 0.2) is 0 Å². The summed E-state index contributed by atoms with van der Waals surface area (Å²) in [6, 6.07) is 3.41. The second-order valence-corrected chi connectivity index (χ2v) is 3.72. The van der Waals surface area contributed by atoms with Crippen molar-refractivity contribution in [1.29, 1.82) is 0 Å². The number of nitrogens with one attached hydrogen (secondary N) is 1. The molecule has 3 heteroatoms. The average Bonchev–Trinajstić information content (AvgIpc) is 2.54. The first-order valence-corrected chi connectivity index (χ1v) is 4.99. The third kappa shape index (κ3) is 1.08. The Morgan fingerprint density at radius 1 is 1.58 bits per heavy atom. The van der Waals surface area contributed by atoms with Crippen molar-refractivity contribution in [3.63, 3.8) is 0 Å². The smallest absolute Gasteiger partial charge is 0.138 e. The van der Waals surface area contributed by atoms with Gasteiger partial charge in [0.25, 0.3) is 0 Å². The predicted octanol–water partition coefficient (Wildman–Crippen LogP) is 2.86. The van der Waals surface area contributed by atoms with Crippen LogP contribution in [0.15, 0.2) is 17.0 Å².